The predicted octanol–water partition coefficient (Wildman–Crippen LogP) is 2.20. The molecule has 4 heteroatoms. The Kier molecular flexibility index (Phi) is 3.64. The number of phenolic OH excluding ortho intramolecular Hbond substituents is 1. The van der Waals surface area contributed by atoms with Gasteiger partial charge in [0.05, 0.1) is 11.6 Å². The predicted molar refractivity (Wildman–Crippen MR) is 54.6 cm³/mol. The third-order valence-electron chi connectivity index (χ3n) is 2.22. The van der Waals surface area contributed by atoms with Gasteiger partial charge in [0.25, 0.3) is 0 Å². The highest BCUT2D eigenvalue weighted by Crippen LogP contribution is 2.29. The molecular weight excluding hydrogens is 195 g/mol. The van der Waals surface area contributed by atoms with Gasteiger partial charge in [-0.3, -0.25) is 0 Å². The molecule has 3 N–H and O–H groups in total. The number of aromatic hydroxyl groups is 1. The molecule has 0 amide bonds. The molecule has 0 fully saturated rings. The Hall–Kier alpha value is -1.60. The fourth-order valence-corrected chi connectivity index (χ4v) is 1.43. The lowest BCUT2D eigenvalue weighted by Gasteiger charge is -2.13. The molecule has 0 radical (unpaired) electrons. The van der Waals surface area contributed by atoms with E-state index in [-0.39, 0.29) is 5.56 Å². The fourth-order valence-electron chi connectivity index (χ4n) is 1.43. The van der Waals surface area contributed by atoms with Crippen LogP contribution in [0.25, 0.3) is 0 Å². The van der Waals surface area contributed by atoms with Crippen LogP contribution in [0.3, 0.4) is 0 Å². The highest BCUT2D eigenvalue weighted by molar-refractivity contribution is 5.43. The first kappa shape index (κ1) is 11.5. The third-order valence-corrected chi connectivity index (χ3v) is 2.22. The molecule has 0 aliphatic carbocycles. The van der Waals surface area contributed by atoms with Crippen LogP contribution in [0.4, 0.5) is 4.39 Å². The Morgan fingerprint density at radius 3 is 2.80 bits per heavy atom. The Morgan fingerprint density at radius 2 is 2.27 bits per heavy atom. The largest absolute Gasteiger partial charge is 0.505 e. The van der Waals surface area contributed by atoms with Gasteiger partial charge < -0.3 is 10.8 Å². The molecule has 0 aromatic heterocycles. The number of benzene rings is 1. The summed E-state index contributed by atoms with van der Waals surface area (Å²) in [5.41, 5.74) is 6.24. The van der Waals surface area contributed by atoms with E-state index in [1.807, 2.05) is 13.0 Å². The van der Waals surface area contributed by atoms with E-state index in [4.69, 9.17) is 11.0 Å². The number of nitrogens with two attached hydrogens (primary N) is 1. The summed E-state index contributed by atoms with van der Waals surface area (Å²) < 4.78 is 13.2. The SMILES string of the molecule is CCC[C@@H](N)c1cc(C#N)cc(F)c1O. The Labute approximate surface area is 87.9 Å². The van der Waals surface area contributed by atoms with Crippen LogP contribution in [0, 0.1) is 17.1 Å². The Bertz CT molecular complexity index is 398. The molecular formula is C11H13FN2O. The van der Waals surface area contributed by atoms with Crippen LogP contribution in [-0.2, 0) is 0 Å². The minimum absolute atomic E-state index is 0.173. The van der Waals surface area contributed by atoms with Gasteiger partial charge in [-0.25, -0.2) is 4.39 Å². The van der Waals surface area contributed by atoms with Crippen molar-refractivity contribution in [2.24, 2.45) is 5.73 Å². The monoisotopic (exact) mass is 208 g/mol. The summed E-state index contributed by atoms with van der Waals surface area (Å²) in [7, 11) is 0. The number of nitriles is 1. The first-order chi connectivity index (χ1) is 7.10. The van der Waals surface area contributed by atoms with Crippen LogP contribution in [0.15, 0.2) is 12.1 Å². The first-order valence-corrected chi connectivity index (χ1v) is 4.78. The van der Waals surface area contributed by atoms with Crippen molar-refractivity contribution < 1.29 is 9.50 Å². The minimum atomic E-state index is -0.796. The molecule has 0 aliphatic rings. The number of rotatable bonds is 3. The normalized spacial score (nSPS) is 12.1. The van der Waals surface area contributed by atoms with Crippen LogP contribution in [-0.4, -0.2) is 5.11 Å². The van der Waals surface area contributed by atoms with Crippen molar-refractivity contribution in [3.8, 4) is 11.8 Å². The van der Waals surface area contributed by atoms with E-state index in [1.54, 1.807) is 0 Å². The summed E-state index contributed by atoms with van der Waals surface area (Å²) in [6, 6.07) is 3.82. The van der Waals surface area contributed by atoms with E-state index in [9.17, 15) is 9.50 Å². The topological polar surface area (TPSA) is 70.0 Å². The molecule has 1 rings (SSSR count). The molecule has 0 heterocycles. The summed E-state index contributed by atoms with van der Waals surface area (Å²) in [5, 5.41) is 18.1. The quantitative estimate of drug-likeness (QED) is 0.800. The van der Waals surface area contributed by atoms with E-state index < -0.39 is 17.6 Å². The lowest BCUT2D eigenvalue weighted by atomic mass is 10.00. The number of hydrogen-bond donors (Lipinski definition) is 2. The second kappa shape index (κ2) is 4.76. The molecule has 0 aliphatic heterocycles. The molecule has 15 heavy (non-hydrogen) atoms. The third kappa shape index (κ3) is 2.45. The van der Waals surface area contributed by atoms with Gasteiger partial charge in [0.2, 0.25) is 0 Å². The Morgan fingerprint density at radius 1 is 1.60 bits per heavy atom. The van der Waals surface area contributed by atoms with Crippen molar-refractivity contribution >= 4 is 0 Å². The number of phenols is 1. The van der Waals surface area contributed by atoms with Crippen LogP contribution in [0.2, 0.25) is 0 Å². The Balaban J connectivity index is 3.16. The van der Waals surface area contributed by atoms with E-state index >= 15 is 0 Å². The van der Waals surface area contributed by atoms with Crippen LogP contribution >= 0.6 is 0 Å². The van der Waals surface area contributed by atoms with E-state index in [0.29, 0.717) is 12.0 Å². The van der Waals surface area contributed by atoms with Crippen molar-refractivity contribution in [2.45, 2.75) is 25.8 Å². The second-order valence-corrected chi connectivity index (χ2v) is 3.40. The van der Waals surface area contributed by atoms with Gasteiger partial charge in [0.15, 0.2) is 11.6 Å². The van der Waals surface area contributed by atoms with Crippen LogP contribution in [0.5, 0.6) is 5.75 Å². The highest BCUT2D eigenvalue weighted by atomic mass is 19.1. The zero-order chi connectivity index (χ0) is 11.4. The van der Waals surface area contributed by atoms with E-state index in [2.05, 4.69) is 0 Å². The summed E-state index contributed by atoms with van der Waals surface area (Å²) >= 11 is 0. The summed E-state index contributed by atoms with van der Waals surface area (Å²) in [5.74, 6) is -1.24. The lowest BCUT2D eigenvalue weighted by Crippen LogP contribution is -2.10. The van der Waals surface area contributed by atoms with Crippen molar-refractivity contribution in [2.75, 3.05) is 0 Å². The van der Waals surface area contributed by atoms with Crippen molar-refractivity contribution in [1.82, 2.24) is 0 Å². The molecule has 3 nitrogen and oxygen atoms in total. The average molecular weight is 208 g/mol. The maximum atomic E-state index is 13.2. The standard InChI is InChI=1S/C11H13FN2O/c1-2-3-10(14)8-4-7(6-13)5-9(12)11(8)15/h4-5,10,15H,2-3,14H2,1H3/t10-/m1/s1. The van der Waals surface area contributed by atoms with Gasteiger partial charge in [0, 0.05) is 11.6 Å². The minimum Gasteiger partial charge on any atom is -0.505 e. The van der Waals surface area contributed by atoms with Gasteiger partial charge in [-0.05, 0) is 18.6 Å². The average Bonchev–Trinajstić information content (AvgIpc) is 2.22. The van der Waals surface area contributed by atoms with Crippen molar-refractivity contribution in [3.63, 3.8) is 0 Å². The first-order valence-electron chi connectivity index (χ1n) is 4.78. The highest BCUT2D eigenvalue weighted by Gasteiger charge is 2.15. The smallest absolute Gasteiger partial charge is 0.166 e. The van der Waals surface area contributed by atoms with E-state index in [1.165, 1.54) is 6.07 Å². The maximum Gasteiger partial charge on any atom is 0.166 e. The second-order valence-electron chi connectivity index (χ2n) is 3.40. The lowest BCUT2D eigenvalue weighted by molar-refractivity contribution is 0.418. The number of hydrogen-bond acceptors (Lipinski definition) is 3. The summed E-state index contributed by atoms with van der Waals surface area (Å²) in [6.45, 7) is 1.95. The molecule has 1 aromatic rings. The zero-order valence-electron chi connectivity index (χ0n) is 8.50. The van der Waals surface area contributed by atoms with Crippen LogP contribution in [0.1, 0.15) is 36.9 Å². The molecule has 0 unspecified atom stereocenters. The molecule has 0 saturated heterocycles. The maximum absolute atomic E-state index is 13.2. The van der Waals surface area contributed by atoms with Gasteiger partial charge in [-0.2, -0.15) is 5.26 Å². The summed E-state index contributed by atoms with van der Waals surface area (Å²) in [6.07, 6.45) is 1.47. The molecule has 0 saturated carbocycles. The van der Waals surface area contributed by atoms with Crippen molar-refractivity contribution in [1.29, 1.82) is 5.26 Å². The van der Waals surface area contributed by atoms with E-state index in [0.717, 1.165) is 12.5 Å². The zero-order valence-corrected chi connectivity index (χ0v) is 8.50. The van der Waals surface area contributed by atoms with Gasteiger partial charge >= 0.3 is 0 Å². The molecule has 0 spiro atoms. The van der Waals surface area contributed by atoms with Gasteiger partial charge in [0.1, 0.15) is 0 Å². The van der Waals surface area contributed by atoms with Crippen LogP contribution < -0.4 is 5.73 Å². The molecule has 0 bridgehead atoms. The molecule has 80 valence electrons. The van der Waals surface area contributed by atoms with Gasteiger partial charge in [-0.1, -0.05) is 13.3 Å². The number of nitrogens with zero attached hydrogens (tertiary/aromatic N) is 1. The fraction of sp³-hybridized carbons (Fsp3) is 0.364. The van der Waals surface area contributed by atoms with Gasteiger partial charge in [-0.15, -0.1) is 0 Å². The molecule has 1 aromatic carbocycles. The van der Waals surface area contributed by atoms with Crippen molar-refractivity contribution in [3.05, 3.63) is 29.1 Å². The number of halogens is 1. The summed E-state index contributed by atoms with van der Waals surface area (Å²) in [4.78, 5) is 0. The molecule has 1 atom stereocenters.